The number of hydrogen-bond acceptors (Lipinski definition) is 13. The third-order valence-corrected chi connectivity index (χ3v) is 14.5. The Morgan fingerprint density at radius 3 is 1.36 bits per heavy atom. The maximum Gasteiger partial charge on any atom is 0.220 e. The van der Waals surface area contributed by atoms with Crippen LogP contribution >= 0.6 is 0 Å². The average molecular weight is 1000 g/mol. The topological polar surface area (TPSA) is 228 Å². The number of carbonyl (C=O) groups is 1. The van der Waals surface area contributed by atoms with Crippen molar-refractivity contribution in [2.75, 3.05) is 19.8 Å². The number of hydrogen-bond donors (Lipinski definition) is 9. The highest BCUT2D eigenvalue weighted by molar-refractivity contribution is 5.76. The molecule has 2 aliphatic rings. The fourth-order valence-electron chi connectivity index (χ4n) is 9.76. The predicted molar refractivity (Wildman–Crippen MR) is 277 cm³/mol. The minimum Gasteiger partial charge on any atom is -0.394 e. The lowest BCUT2D eigenvalue weighted by Crippen LogP contribution is -2.65. The molecule has 2 rings (SSSR count). The highest BCUT2D eigenvalue weighted by Crippen LogP contribution is 2.30. The average Bonchev–Trinajstić information content (AvgIpc) is 3.36. The van der Waals surface area contributed by atoms with Crippen LogP contribution in [0.5, 0.6) is 0 Å². The van der Waals surface area contributed by atoms with Gasteiger partial charge >= 0.3 is 0 Å². The van der Waals surface area contributed by atoms with Crippen LogP contribution in [0.1, 0.15) is 245 Å². The maximum atomic E-state index is 13.2. The monoisotopic (exact) mass is 1000 g/mol. The van der Waals surface area contributed by atoms with Crippen LogP contribution in [0.4, 0.5) is 0 Å². The molecule has 0 bridgehead atoms. The first kappa shape index (κ1) is 64.8. The van der Waals surface area contributed by atoms with Crippen molar-refractivity contribution in [2.45, 2.75) is 319 Å². The summed E-state index contributed by atoms with van der Waals surface area (Å²) in [7, 11) is 0. The number of ether oxygens (including phenoxy) is 4. The van der Waals surface area contributed by atoms with Gasteiger partial charge in [-0.2, -0.15) is 0 Å². The van der Waals surface area contributed by atoms with Crippen LogP contribution in [0, 0.1) is 0 Å². The number of aliphatic hydroxyl groups excluding tert-OH is 8. The second kappa shape index (κ2) is 43.0. The lowest BCUT2D eigenvalue weighted by molar-refractivity contribution is -0.359. The Labute approximate surface area is 425 Å². The first-order valence-corrected chi connectivity index (χ1v) is 28.9. The number of allylic oxidation sites excluding steroid dienone is 2. The van der Waals surface area contributed by atoms with Crippen LogP contribution in [0.15, 0.2) is 12.2 Å². The van der Waals surface area contributed by atoms with Crippen molar-refractivity contribution in [2.24, 2.45) is 0 Å². The molecule has 0 aromatic heterocycles. The number of carbonyl (C=O) groups excluding carboxylic acids is 1. The van der Waals surface area contributed by atoms with Crippen molar-refractivity contribution < 1.29 is 64.6 Å². The molecule has 0 spiro atoms. The van der Waals surface area contributed by atoms with Crippen molar-refractivity contribution >= 4 is 5.91 Å². The van der Waals surface area contributed by atoms with Crippen molar-refractivity contribution in [1.82, 2.24) is 5.32 Å². The Hall–Kier alpha value is -1.27. The van der Waals surface area contributed by atoms with Gasteiger partial charge in [-0.1, -0.05) is 212 Å². The largest absolute Gasteiger partial charge is 0.394 e. The molecule has 12 unspecified atom stereocenters. The second-order valence-electron chi connectivity index (χ2n) is 20.8. The van der Waals surface area contributed by atoms with Crippen LogP contribution in [-0.2, 0) is 23.7 Å². The van der Waals surface area contributed by atoms with Gasteiger partial charge in [-0.15, -0.1) is 0 Å². The van der Waals surface area contributed by atoms with E-state index in [4.69, 9.17) is 18.9 Å². The van der Waals surface area contributed by atoms with Crippen molar-refractivity contribution in [1.29, 1.82) is 0 Å². The highest BCUT2D eigenvalue weighted by Gasteiger charge is 2.51. The van der Waals surface area contributed by atoms with E-state index >= 15 is 0 Å². The summed E-state index contributed by atoms with van der Waals surface area (Å²) in [5, 5.41) is 87.2. The Kier molecular flexibility index (Phi) is 39.9. The Morgan fingerprint density at radius 2 is 0.900 bits per heavy atom. The molecule has 0 saturated carbocycles. The summed E-state index contributed by atoms with van der Waals surface area (Å²) in [5.74, 6) is -0.208. The molecule has 9 N–H and O–H groups in total. The molecule has 0 aliphatic carbocycles. The van der Waals surface area contributed by atoms with Gasteiger partial charge < -0.3 is 65.1 Å². The molecule has 0 radical (unpaired) electrons. The summed E-state index contributed by atoms with van der Waals surface area (Å²) >= 11 is 0. The molecular formula is C56H107NO13. The van der Waals surface area contributed by atoms with E-state index in [-0.39, 0.29) is 12.5 Å². The Balaban J connectivity index is 1.78. The SMILES string of the molecule is CCCCCCCC/C=C\CCCCCCCCCC(=O)NC(COC1OC(CO)C(OC2OC(CO)C(O)C(O)C2O)C(O)C1O)C(O)CCCCCCCCCCCCCCCCCCCCC. The lowest BCUT2D eigenvalue weighted by atomic mass is 9.97. The molecule has 12 atom stereocenters. The van der Waals surface area contributed by atoms with Crippen LogP contribution < -0.4 is 5.32 Å². The lowest BCUT2D eigenvalue weighted by Gasteiger charge is -2.46. The quantitative estimate of drug-likeness (QED) is 0.0205. The van der Waals surface area contributed by atoms with E-state index in [9.17, 15) is 45.6 Å². The minimum absolute atomic E-state index is 0.208. The first-order valence-electron chi connectivity index (χ1n) is 28.9. The third kappa shape index (κ3) is 29.0. The van der Waals surface area contributed by atoms with Crippen molar-refractivity contribution in [3.8, 4) is 0 Å². The standard InChI is InChI=1S/C56H107NO13/c1-3-5-7-9-11-13-15-17-19-21-22-24-25-27-29-31-33-35-37-39-45(60)44(57-48(61)40-38-36-34-32-30-28-26-23-20-18-16-14-12-10-8-6-4-2)43-67-55-53(66)51(64)54(47(42-59)69-55)70-56-52(65)50(63)49(62)46(41-58)68-56/h18,20,44-47,49-56,58-60,62-66H,3-17,19,21-43H2,1-2H3,(H,57,61)/b20-18-. The Bertz CT molecular complexity index is 1230. The molecule has 2 saturated heterocycles. The van der Waals surface area contributed by atoms with E-state index < -0.39 is 86.8 Å². The molecule has 2 aliphatic heterocycles. The van der Waals surface area contributed by atoms with E-state index in [0.29, 0.717) is 12.8 Å². The summed E-state index contributed by atoms with van der Waals surface area (Å²) in [4.78, 5) is 13.2. The number of amides is 1. The van der Waals surface area contributed by atoms with Crippen molar-refractivity contribution in [3.05, 3.63) is 12.2 Å². The molecule has 14 nitrogen and oxygen atoms in total. The van der Waals surface area contributed by atoms with E-state index in [1.165, 1.54) is 161 Å². The first-order chi connectivity index (χ1) is 34.1. The molecule has 1 amide bonds. The summed E-state index contributed by atoms with van der Waals surface area (Å²) in [6.07, 6.45) is 30.6. The summed E-state index contributed by atoms with van der Waals surface area (Å²) < 4.78 is 22.8. The molecule has 14 heteroatoms. The van der Waals surface area contributed by atoms with E-state index in [1.807, 2.05) is 0 Å². The number of nitrogens with one attached hydrogen (secondary N) is 1. The van der Waals surface area contributed by atoms with E-state index in [0.717, 1.165) is 57.8 Å². The van der Waals surface area contributed by atoms with Gasteiger partial charge in [0.15, 0.2) is 12.6 Å². The summed E-state index contributed by atoms with van der Waals surface area (Å²) in [5.41, 5.74) is 0. The zero-order valence-electron chi connectivity index (χ0n) is 44.3. The highest BCUT2D eigenvalue weighted by atomic mass is 16.7. The van der Waals surface area contributed by atoms with Crippen LogP contribution in [0.2, 0.25) is 0 Å². The fourth-order valence-corrected chi connectivity index (χ4v) is 9.76. The minimum atomic E-state index is -1.78. The van der Waals surface area contributed by atoms with Gasteiger partial charge in [0, 0.05) is 6.42 Å². The van der Waals surface area contributed by atoms with Gasteiger partial charge in [0.2, 0.25) is 5.91 Å². The van der Waals surface area contributed by atoms with Gasteiger partial charge in [-0.25, -0.2) is 0 Å². The van der Waals surface area contributed by atoms with Crippen LogP contribution in [-0.4, -0.2) is 140 Å². The summed E-state index contributed by atoms with van der Waals surface area (Å²) in [6.45, 7) is 2.87. The van der Waals surface area contributed by atoms with Gasteiger partial charge in [-0.05, 0) is 38.5 Å². The fraction of sp³-hybridized carbons (Fsp3) is 0.946. The molecule has 0 aromatic carbocycles. The zero-order valence-corrected chi connectivity index (χ0v) is 44.3. The van der Waals surface area contributed by atoms with Crippen LogP contribution in [0.3, 0.4) is 0 Å². The van der Waals surface area contributed by atoms with Crippen LogP contribution in [0.25, 0.3) is 0 Å². The van der Waals surface area contributed by atoms with Gasteiger partial charge in [0.1, 0.15) is 48.8 Å². The van der Waals surface area contributed by atoms with Gasteiger partial charge in [-0.3, -0.25) is 4.79 Å². The number of aliphatic hydroxyl groups is 8. The molecule has 2 heterocycles. The van der Waals surface area contributed by atoms with E-state index in [2.05, 4.69) is 31.3 Å². The zero-order chi connectivity index (χ0) is 51.0. The Morgan fingerprint density at radius 1 is 0.500 bits per heavy atom. The predicted octanol–water partition coefficient (Wildman–Crippen LogP) is 9.11. The second-order valence-corrected chi connectivity index (χ2v) is 20.8. The molecular weight excluding hydrogens is 895 g/mol. The number of rotatable bonds is 46. The van der Waals surface area contributed by atoms with E-state index in [1.54, 1.807) is 0 Å². The smallest absolute Gasteiger partial charge is 0.220 e. The molecule has 414 valence electrons. The van der Waals surface area contributed by atoms with Gasteiger partial charge in [0.25, 0.3) is 0 Å². The number of unbranched alkanes of at least 4 members (excludes halogenated alkanes) is 31. The maximum absolute atomic E-state index is 13.2. The molecule has 2 fully saturated rings. The third-order valence-electron chi connectivity index (χ3n) is 14.5. The molecule has 0 aromatic rings. The van der Waals surface area contributed by atoms with Gasteiger partial charge in [0.05, 0.1) is 32.0 Å². The normalized spacial score (nSPS) is 26.0. The van der Waals surface area contributed by atoms with Crippen molar-refractivity contribution in [3.63, 3.8) is 0 Å². The summed E-state index contributed by atoms with van der Waals surface area (Å²) in [6, 6.07) is -0.827. The molecule has 70 heavy (non-hydrogen) atoms.